The van der Waals surface area contributed by atoms with Crippen LogP contribution in [-0.2, 0) is 16.1 Å². The summed E-state index contributed by atoms with van der Waals surface area (Å²) in [6.45, 7) is 1.49. The zero-order chi connectivity index (χ0) is 18.7. The number of carbonyl (C=O) groups excluding carboxylic acids is 2. The van der Waals surface area contributed by atoms with E-state index in [2.05, 4.69) is 0 Å². The molecule has 1 atom stereocenters. The Kier molecular flexibility index (Phi) is 5.46. The summed E-state index contributed by atoms with van der Waals surface area (Å²) in [5.74, 6) is 0.591. The Balaban J connectivity index is 1.60. The molecule has 26 heavy (non-hydrogen) atoms. The number of ether oxygens (including phenoxy) is 1. The lowest BCUT2D eigenvalue weighted by molar-refractivity contribution is -0.135. The number of hydrogen-bond donors (Lipinski definition) is 1. The fraction of sp³-hybridized carbons (Fsp3) is 0.579. The van der Waals surface area contributed by atoms with Crippen molar-refractivity contribution < 1.29 is 18.7 Å². The lowest BCUT2D eigenvalue weighted by Crippen LogP contribution is -2.50. The molecule has 1 spiro atoms. The third-order valence-electron chi connectivity index (χ3n) is 5.53. The van der Waals surface area contributed by atoms with Crippen LogP contribution in [0.5, 0.6) is 5.75 Å². The van der Waals surface area contributed by atoms with Gasteiger partial charge in [-0.25, -0.2) is 4.39 Å². The van der Waals surface area contributed by atoms with Gasteiger partial charge in [0.2, 0.25) is 11.8 Å². The quantitative estimate of drug-likeness (QED) is 0.856. The summed E-state index contributed by atoms with van der Waals surface area (Å²) in [4.78, 5) is 28.1. The summed E-state index contributed by atoms with van der Waals surface area (Å²) in [5.41, 5.74) is 6.45. The molecule has 2 aliphatic rings. The molecule has 1 aromatic rings. The first-order valence-corrected chi connectivity index (χ1v) is 8.97. The molecule has 0 radical (unpaired) electrons. The number of halogens is 1. The van der Waals surface area contributed by atoms with Crippen molar-refractivity contribution in [2.45, 2.75) is 31.8 Å². The summed E-state index contributed by atoms with van der Waals surface area (Å²) in [6, 6.07) is 6.66. The number of rotatable bonds is 5. The van der Waals surface area contributed by atoms with Gasteiger partial charge in [-0.15, -0.1) is 0 Å². The fourth-order valence-corrected chi connectivity index (χ4v) is 3.95. The second-order valence-corrected chi connectivity index (χ2v) is 7.36. The predicted octanol–water partition coefficient (Wildman–Crippen LogP) is 1.33. The Bertz CT molecular complexity index is 674. The molecule has 0 aromatic heterocycles. The van der Waals surface area contributed by atoms with Gasteiger partial charge in [-0.3, -0.25) is 9.59 Å². The highest BCUT2D eigenvalue weighted by Gasteiger charge is 2.45. The molecule has 6 nitrogen and oxygen atoms in total. The Morgan fingerprint density at radius 1 is 1.38 bits per heavy atom. The van der Waals surface area contributed by atoms with Crippen molar-refractivity contribution in [2.75, 3.05) is 33.4 Å². The predicted molar refractivity (Wildman–Crippen MR) is 95.2 cm³/mol. The van der Waals surface area contributed by atoms with Crippen molar-refractivity contribution in [3.05, 3.63) is 29.8 Å². The highest BCUT2D eigenvalue weighted by Crippen LogP contribution is 2.41. The summed E-state index contributed by atoms with van der Waals surface area (Å²) in [5, 5.41) is 0. The van der Waals surface area contributed by atoms with E-state index >= 15 is 0 Å². The van der Waals surface area contributed by atoms with E-state index in [0.29, 0.717) is 32.6 Å². The van der Waals surface area contributed by atoms with Gasteiger partial charge in [-0.2, -0.15) is 0 Å². The topological polar surface area (TPSA) is 75.9 Å². The minimum absolute atomic E-state index is 0.0907. The van der Waals surface area contributed by atoms with Gasteiger partial charge in [-0.1, -0.05) is 12.1 Å². The zero-order valence-electron chi connectivity index (χ0n) is 15.1. The lowest BCUT2D eigenvalue weighted by atomic mass is 9.77. The van der Waals surface area contributed by atoms with Crippen LogP contribution < -0.4 is 10.5 Å². The Hall–Kier alpha value is -2.15. The van der Waals surface area contributed by atoms with Crippen LogP contribution in [0.4, 0.5) is 4.39 Å². The third-order valence-corrected chi connectivity index (χ3v) is 5.53. The number of alkyl halides is 1. The normalized spacial score (nSPS) is 20.5. The van der Waals surface area contributed by atoms with Gasteiger partial charge in [0.25, 0.3) is 0 Å². The van der Waals surface area contributed by atoms with Crippen molar-refractivity contribution in [1.29, 1.82) is 0 Å². The molecule has 2 heterocycles. The van der Waals surface area contributed by atoms with E-state index in [1.807, 2.05) is 29.2 Å². The molecule has 1 aromatic carbocycles. The summed E-state index contributed by atoms with van der Waals surface area (Å²) >= 11 is 0. The van der Waals surface area contributed by atoms with Gasteiger partial charge in [-0.05, 0) is 30.5 Å². The standard InChI is InChI=1S/C19H26FN3O3/c1-26-15-4-2-3-14(9-15)12-23-13-19(10-17(23)24)5-7-22(8-6-19)18(25)16(21)11-20/h2-4,9,16H,5-8,10-13,21H2,1H3. The number of nitrogens with two attached hydrogens (primary N) is 1. The monoisotopic (exact) mass is 363 g/mol. The number of piperidine rings is 1. The molecular formula is C19H26FN3O3. The van der Waals surface area contributed by atoms with Crippen LogP contribution in [0.1, 0.15) is 24.8 Å². The highest BCUT2D eigenvalue weighted by molar-refractivity contribution is 5.82. The van der Waals surface area contributed by atoms with Crippen molar-refractivity contribution in [3.8, 4) is 5.75 Å². The van der Waals surface area contributed by atoms with Gasteiger partial charge in [0.05, 0.1) is 7.11 Å². The first-order valence-electron chi connectivity index (χ1n) is 8.97. The summed E-state index contributed by atoms with van der Waals surface area (Å²) < 4.78 is 17.9. The smallest absolute Gasteiger partial charge is 0.242 e. The number of likely N-dealkylation sites (tertiary alicyclic amines) is 2. The van der Waals surface area contributed by atoms with Crippen molar-refractivity contribution in [3.63, 3.8) is 0 Å². The number of hydrogen-bond acceptors (Lipinski definition) is 4. The molecule has 142 valence electrons. The van der Waals surface area contributed by atoms with E-state index in [1.165, 1.54) is 0 Å². The van der Waals surface area contributed by atoms with Gasteiger partial charge in [0.1, 0.15) is 18.5 Å². The number of amides is 2. The molecule has 2 saturated heterocycles. The first-order chi connectivity index (χ1) is 12.5. The van der Waals surface area contributed by atoms with Crippen LogP contribution in [0.2, 0.25) is 0 Å². The molecule has 0 saturated carbocycles. The van der Waals surface area contributed by atoms with Gasteiger partial charge in [0.15, 0.2) is 0 Å². The molecule has 3 rings (SSSR count). The molecule has 2 aliphatic heterocycles. The van der Waals surface area contributed by atoms with E-state index in [-0.39, 0.29) is 17.2 Å². The van der Waals surface area contributed by atoms with Crippen molar-refractivity contribution in [1.82, 2.24) is 9.80 Å². The molecule has 2 amide bonds. The number of nitrogens with zero attached hydrogens (tertiary/aromatic N) is 2. The average Bonchev–Trinajstić information content (AvgIpc) is 2.96. The maximum Gasteiger partial charge on any atom is 0.242 e. The maximum atomic E-state index is 12.6. The van der Waals surface area contributed by atoms with E-state index in [4.69, 9.17) is 10.5 Å². The van der Waals surface area contributed by atoms with Crippen LogP contribution in [0.15, 0.2) is 24.3 Å². The Labute approximate surface area is 153 Å². The van der Waals surface area contributed by atoms with Crippen LogP contribution >= 0.6 is 0 Å². The number of carbonyl (C=O) groups is 2. The van der Waals surface area contributed by atoms with Crippen molar-refractivity contribution in [2.24, 2.45) is 11.1 Å². The lowest BCUT2D eigenvalue weighted by Gasteiger charge is -2.39. The third kappa shape index (κ3) is 3.82. The first kappa shape index (κ1) is 18.6. The molecule has 1 unspecified atom stereocenters. The van der Waals surface area contributed by atoms with Crippen LogP contribution in [0, 0.1) is 5.41 Å². The average molecular weight is 363 g/mol. The molecule has 0 aliphatic carbocycles. The minimum atomic E-state index is -1.07. The van der Waals surface area contributed by atoms with Crippen LogP contribution in [-0.4, -0.2) is 61.1 Å². The Morgan fingerprint density at radius 2 is 2.12 bits per heavy atom. The van der Waals surface area contributed by atoms with E-state index in [9.17, 15) is 14.0 Å². The molecule has 0 bridgehead atoms. The second-order valence-electron chi connectivity index (χ2n) is 7.36. The Morgan fingerprint density at radius 3 is 2.77 bits per heavy atom. The maximum absolute atomic E-state index is 12.6. The van der Waals surface area contributed by atoms with Crippen LogP contribution in [0.3, 0.4) is 0 Å². The molecule has 2 N–H and O–H groups in total. The number of methoxy groups -OCH3 is 1. The summed E-state index contributed by atoms with van der Waals surface area (Å²) in [7, 11) is 1.62. The van der Waals surface area contributed by atoms with Gasteiger partial charge >= 0.3 is 0 Å². The largest absolute Gasteiger partial charge is 0.497 e. The van der Waals surface area contributed by atoms with Gasteiger partial charge < -0.3 is 20.3 Å². The van der Waals surface area contributed by atoms with Gasteiger partial charge in [0, 0.05) is 38.0 Å². The zero-order valence-corrected chi connectivity index (χ0v) is 15.1. The number of benzene rings is 1. The van der Waals surface area contributed by atoms with E-state index < -0.39 is 12.7 Å². The minimum Gasteiger partial charge on any atom is -0.497 e. The fourth-order valence-electron chi connectivity index (χ4n) is 3.95. The summed E-state index contributed by atoms with van der Waals surface area (Å²) in [6.07, 6.45) is 2.00. The highest BCUT2D eigenvalue weighted by atomic mass is 19.1. The molecule has 7 heteroatoms. The second kappa shape index (κ2) is 7.61. The molecule has 2 fully saturated rings. The van der Waals surface area contributed by atoms with Crippen molar-refractivity contribution >= 4 is 11.8 Å². The van der Waals surface area contributed by atoms with E-state index in [0.717, 1.165) is 24.2 Å². The SMILES string of the molecule is COc1cccc(CN2CC3(CCN(C(=O)C(N)CF)CC3)CC2=O)c1. The van der Waals surface area contributed by atoms with E-state index in [1.54, 1.807) is 12.0 Å². The molecular weight excluding hydrogens is 337 g/mol. The van der Waals surface area contributed by atoms with Crippen LogP contribution in [0.25, 0.3) is 0 Å².